The van der Waals surface area contributed by atoms with Crippen LogP contribution in [0.2, 0.25) is 0 Å². The normalized spacial score (nSPS) is 13.7. The number of hydrazine groups is 1. The number of nitrogens with two attached hydrogens (primary N) is 1. The lowest BCUT2D eigenvalue weighted by molar-refractivity contribution is 0.419. The van der Waals surface area contributed by atoms with E-state index in [-0.39, 0.29) is 0 Å². The van der Waals surface area contributed by atoms with Crippen LogP contribution in [0.5, 0.6) is 5.75 Å². The maximum atomic E-state index is 5.71. The summed E-state index contributed by atoms with van der Waals surface area (Å²) in [5.74, 6) is 6.49. The minimum atomic E-state index is 0.777. The van der Waals surface area contributed by atoms with Crippen LogP contribution in [0.3, 0.4) is 0 Å². The number of nitrogens with one attached hydrogen (secondary N) is 1. The molecule has 0 spiro atoms. The Morgan fingerprint density at radius 2 is 2.22 bits per heavy atom. The number of pyridine rings is 1. The van der Waals surface area contributed by atoms with Gasteiger partial charge >= 0.3 is 0 Å². The van der Waals surface area contributed by atoms with Crippen LogP contribution >= 0.6 is 15.9 Å². The van der Waals surface area contributed by atoms with Crippen LogP contribution in [-0.2, 0) is 12.8 Å². The summed E-state index contributed by atoms with van der Waals surface area (Å²) in [6, 6.07) is 3.88. The molecule has 2 aromatic rings. The molecular formula is C13H14BrN3O. The molecule has 3 rings (SSSR count). The molecule has 0 fully saturated rings. The summed E-state index contributed by atoms with van der Waals surface area (Å²) in [6.07, 6.45) is 3.17. The lowest BCUT2D eigenvalue weighted by atomic mass is 10.1. The molecule has 0 unspecified atom stereocenters. The van der Waals surface area contributed by atoms with Crippen molar-refractivity contribution >= 4 is 32.5 Å². The van der Waals surface area contributed by atoms with E-state index in [1.807, 2.05) is 12.1 Å². The zero-order valence-corrected chi connectivity index (χ0v) is 11.7. The van der Waals surface area contributed by atoms with Gasteiger partial charge in [-0.3, -0.25) is 5.84 Å². The largest absolute Gasteiger partial charge is 0.494 e. The Morgan fingerprint density at radius 1 is 1.39 bits per heavy atom. The Balaban J connectivity index is 2.45. The molecule has 18 heavy (non-hydrogen) atoms. The first kappa shape index (κ1) is 11.7. The first-order chi connectivity index (χ1) is 8.76. The van der Waals surface area contributed by atoms with Gasteiger partial charge in [0.1, 0.15) is 11.3 Å². The Hall–Kier alpha value is -1.33. The molecular weight excluding hydrogens is 294 g/mol. The van der Waals surface area contributed by atoms with Crippen molar-refractivity contribution in [3.05, 3.63) is 27.9 Å². The van der Waals surface area contributed by atoms with E-state index in [1.54, 1.807) is 7.11 Å². The molecule has 1 aliphatic carbocycles. The number of ether oxygens (including phenoxy) is 1. The molecule has 0 aliphatic heterocycles. The smallest absolute Gasteiger partial charge is 0.145 e. The van der Waals surface area contributed by atoms with Crippen molar-refractivity contribution in [2.45, 2.75) is 19.3 Å². The third kappa shape index (κ3) is 1.58. The zero-order valence-electron chi connectivity index (χ0n) is 10.1. The summed E-state index contributed by atoms with van der Waals surface area (Å²) in [5.41, 5.74) is 7.04. The van der Waals surface area contributed by atoms with Crippen LogP contribution in [-0.4, -0.2) is 12.1 Å². The molecule has 4 nitrogen and oxygen atoms in total. The number of anilines is 1. The van der Waals surface area contributed by atoms with Crippen LogP contribution < -0.4 is 16.0 Å². The van der Waals surface area contributed by atoms with Gasteiger partial charge in [-0.25, -0.2) is 4.98 Å². The summed E-state index contributed by atoms with van der Waals surface area (Å²) in [7, 11) is 1.66. The number of methoxy groups -OCH3 is 1. The topological polar surface area (TPSA) is 60.2 Å². The lowest BCUT2D eigenvalue weighted by Crippen LogP contribution is -2.11. The highest BCUT2D eigenvalue weighted by atomic mass is 79.9. The number of rotatable bonds is 2. The van der Waals surface area contributed by atoms with Crippen LogP contribution in [0.25, 0.3) is 10.9 Å². The van der Waals surface area contributed by atoms with E-state index in [1.165, 1.54) is 5.56 Å². The van der Waals surface area contributed by atoms with E-state index in [0.717, 1.165) is 51.8 Å². The number of fused-ring (bicyclic) bond motifs is 2. The van der Waals surface area contributed by atoms with E-state index in [0.29, 0.717) is 0 Å². The zero-order chi connectivity index (χ0) is 12.7. The molecule has 0 atom stereocenters. The molecule has 1 aromatic heterocycles. The molecule has 0 amide bonds. The predicted molar refractivity (Wildman–Crippen MR) is 75.8 cm³/mol. The molecule has 0 radical (unpaired) electrons. The first-order valence-electron chi connectivity index (χ1n) is 5.91. The second kappa shape index (κ2) is 4.40. The fourth-order valence-electron chi connectivity index (χ4n) is 2.63. The summed E-state index contributed by atoms with van der Waals surface area (Å²) in [6.45, 7) is 0. The molecule has 5 heteroatoms. The van der Waals surface area contributed by atoms with Gasteiger partial charge in [0.2, 0.25) is 0 Å². The lowest BCUT2D eigenvalue weighted by Gasteiger charge is -2.14. The van der Waals surface area contributed by atoms with Crippen LogP contribution in [0.4, 0.5) is 5.69 Å². The molecule has 0 saturated carbocycles. The molecule has 94 valence electrons. The van der Waals surface area contributed by atoms with E-state index >= 15 is 0 Å². The van der Waals surface area contributed by atoms with Gasteiger partial charge < -0.3 is 10.2 Å². The SMILES string of the molecule is COc1ccc(Br)c2c(NN)c3c(nc12)CCC3. The Labute approximate surface area is 114 Å². The molecule has 3 N–H and O–H groups in total. The third-order valence-electron chi connectivity index (χ3n) is 3.44. The van der Waals surface area contributed by atoms with E-state index < -0.39 is 0 Å². The van der Waals surface area contributed by atoms with E-state index in [9.17, 15) is 0 Å². The second-order valence-electron chi connectivity index (χ2n) is 4.38. The predicted octanol–water partition coefficient (Wildman–Crippen LogP) is 2.78. The number of nitrogens with zero attached hydrogens (tertiary/aromatic N) is 1. The fourth-order valence-corrected chi connectivity index (χ4v) is 3.14. The summed E-state index contributed by atoms with van der Waals surface area (Å²) in [4.78, 5) is 4.75. The standard InChI is InChI=1S/C13H14BrN3O/c1-18-10-6-5-8(14)11-12(17-15)7-3-2-4-9(7)16-13(10)11/h5-6H,2-4,15H2,1H3,(H,16,17). The van der Waals surface area contributed by atoms with Gasteiger partial charge in [-0.05, 0) is 37.0 Å². The van der Waals surface area contributed by atoms with Crippen LogP contribution in [0.15, 0.2) is 16.6 Å². The van der Waals surface area contributed by atoms with Crippen molar-refractivity contribution in [3.63, 3.8) is 0 Å². The number of hydrogen-bond acceptors (Lipinski definition) is 4. The minimum Gasteiger partial charge on any atom is -0.494 e. The van der Waals surface area contributed by atoms with Crippen molar-refractivity contribution in [2.75, 3.05) is 12.5 Å². The second-order valence-corrected chi connectivity index (χ2v) is 5.24. The maximum absolute atomic E-state index is 5.71. The van der Waals surface area contributed by atoms with E-state index in [4.69, 9.17) is 15.6 Å². The molecule has 1 aliphatic rings. The van der Waals surface area contributed by atoms with Crippen molar-refractivity contribution < 1.29 is 4.74 Å². The summed E-state index contributed by atoms with van der Waals surface area (Å²) < 4.78 is 6.37. The van der Waals surface area contributed by atoms with Gasteiger partial charge in [0, 0.05) is 15.6 Å². The third-order valence-corrected chi connectivity index (χ3v) is 4.10. The van der Waals surface area contributed by atoms with Gasteiger partial charge in [0.25, 0.3) is 0 Å². The van der Waals surface area contributed by atoms with Gasteiger partial charge in [-0.1, -0.05) is 15.9 Å². The average Bonchev–Trinajstić information content (AvgIpc) is 2.84. The van der Waals surface area contributed by atoms with Crippen molar-refractivity contribution in [3.8, 4) is 5.75 Å². The van der Waals surface area contributed by atoms with Crippen molar-refractivity contribution in [1.82, 2.24) is 4.98 Å². The van der Waals surface area contributed by atoms with Gasteiger partial charge in [0.15, 0.2) is 0 Å². The minimum absolute atomic E-state index is 0.777. The number of hydrogen-bond donors (Lipinski definition) is 2. The Kier molecular flexibility index (Phi) is 2.87. The van der Waals surface area contributed by atoms with Crippen molar-refractivity contribution in [1.29, 1.82) is 0 Å². The van der Waals surface area contributed by atoms with Crippen molar-refractivity contribution in [2.24, 2.45) is 5.84 Å². The Bertz CT molecular complexity index is 627. The van der Waals surface area contributed by atoms with Gasteiger partial charge in [-0.15, -0.1) is 0 Å². The summed E-state index contributed by atoms with van der Waals surface area (Å²) in [5, 5.41) is 0.998. The fraction of sp³-hybridized carbons (Fsp3) is 0.308. The van der Waals surface area contributed by atoms with Gasteiger partial charge in [0.05, 0.1) is 12.8 Å². The quantitative estimate of drug-likeness (QED) is 0.661. The molecule has 0 saturated heterocycles. The number of aryl methyl sites for hydroxylation is 1. The number of benzene rings is 1. The molecule has 1 aromatic carbocycles. The summed E-state index contributed by atoms with van der Waals surface area (Å²) >= 11 is 3.57. The van der Waals surface area contributed by atoms with E-state index in [2.05, 4.69) is 21.4 Å². The monoisotopic (exact) mass is 307 g/mol. The number of nitrogen functional groups attached to an aromatic ring is 1. The highest BCUT2D eigenvalue weighted by molar-refractivity contribution is 9.10. The van der Waals surface area contributed by atoms with Gasteiger partial charge in [-0.2, -0.15) is 0 Å². The van der Waals surface area contributed by atoms with Crippen LogP contribution in [0, 0.1) is 0 Å². The first-order valence-corrected chi connectivity index (χ1v) is 6.70. The number of aromatic nitrogens is 1. The average molecular weight is 308 g/mol. The Morgan fingerprint density at radius 3 is 2.94 bits per heavy atom. The maximum Gasteiger partial charge on any atom is 0.145 e. The number of halogens is 1. The highest BCUT2D eigenvalue weighted by Crippen LogP contribution is 2.40. The van der Waals surface area contributed by atoms with Crippen LogP contribution in [0.1, 0.15) is 17.7 Å². The molecule has 0 bridgehead atoms. The molecule has 1 heterocycles. The highest BCUT2D eigenvalue weighted by Gasteiger charge is 2.22.